The molecule has 1 amide bonds. The van der Waals surface area contributed by atoms with Gasteiger partial charge in [-0.15, -0.1) is 11.8 Å². The van der Waals surface area contributed by atoms with Crippen LogP contribution >= 0.6 is 58.1 Å². The molecule has 0 bridgehead atoms. The third-order valence-corrected chi connectivity index (χ3v) is 17.3. The molecule has 1 aromatic heterocycles. The minimum atomic E-state index is -4.35. The number of aryl methyl sites for hydroxylation is 3. The van der Waals surface area contributed by atoms with Crippen LogP contribution in [-0.2, 0) is 31.6 Å². The van der Waals surface area contributed by atoms with Crippen molar-refractivity contribution in [3.05, 3.63) is 122 Å². The zero-order valence-corrected chi connectivity index (χ0v) is 48.1. The third-order valence-electron chi connectivity index (χ3n) is 11.9. The van der Waals surface area contributed by atoms with Crippen molar-refractivity contribution in [3.8, 4) is 11.5 Å². The lowest BCUT2D eigenvalue weighted by molar-refractivity contribution is -0.894. The lowest BCUT2D eigenvalue weighted by Gasteiger charge is -2.20. The van der Waals surface area contributed by atoms with Gasteiger partial charge in [0.15, 0.2) is 6.54 Å². The molecule has 0 atom stereocenters. The topological polar surface area (TPSA) is 222 Å². The Bertz CT molecular complexity index is 3180. The van der Waals surface area contributed by atoms with Gasteiger partial charge in [0.05, 0.1) is 75.3 Å². The van der Waals surface area contributed by atoms with Crippen LogP contribution in [0.4, 0.5) is 5.69 Å². The van der Waals surface area contributed by atoms with Crippen molar-refractivity contribution in [2.75, 3.05) is 61.5 Å². The number of amides is 1. The number of benzene rings is 5. The zero-order valence-electron chi connectivity index (χ0n) is 42.5. The van der Waals surface area contributed by atoms with Crippen molar-refractivity contribution in [2.24, 2.45) is 0 Å². The Morgan fingerprint density at radius 3 is 2.17 bits per heavy atom. The lowest BCUT2D eigenvalue weighted by atomic mass is 10.0. The van der Waals surface area contributed by atoms with Crippen LogP contribution in [0.25, 0.3) is 27.1 Å². The number of hydrogen-bond acceptors (Lipinski definition) is 14. The summed E-state index contributed by atoms with van der Waals surface area (Å²) in [5, 5.41) is 26.5. The molecule has 406 valence electrons. The Morgan fingerprint density at radius 1 is 0.853 bits per heavy atom. The number of aromatic nitrogens is 1. The Balaban J connectivity index is 0.000000246. The number of phenolic OH excluding ortho intramolecular Hbond substituents is 1. The van der Waals surface area contributed by atoms with Crippen molar-refractivity contribution in [2.45, 2.75) is 83.1 Å². The van der Waals surface area contributed by atoms with Gasteiger partial charge < -0.3 is 39.2 Å². The number of hydrogen-bond donors (Lipinski definition) is 4. The van der Waals surface area contributed by atoms with Gasteiger partial charge in [0.2, 0.25) is 5.52 Å². The number of ether oxygens (including phenoxy) is 1. The summed E-state index contributed by atoms with van der Waals surface area (Å²) in [6.07, 6.45) is 3.75. The summed E-state index contributed by atoms with van der Waals surface area (Å²) in [6.45, 7) is 16.2. The van der Waals surface area contributed by atoms with Gasteiger partial charge in [-0.2, -0.15) is 4.57 Å². The van der Waals surface area contributed by atoms with Crippen LogP contribution in [0.15, 0.2) is 99.7 Å². The summed E-state index contributed by atoms with van der Waals surface area (Å²) >= 11 is 16.7. The van der Waals surface area contributed by atoms with Crippen molar-refractivity contribution < 1.29 is 59.9 Å². The number of quaternary nitrogens is 1. The fourth-order valence-electron chi connectivity index (χ4n) is 8.01. The van der Waals surface area contributed by atoms with Crippen LogP contribution in [-0.4, -0.2) is 105 Å². The number of phenols is 1. The maximum Gasteiger partial charge on any atom is 0.304 e. The van der Waals surface area contributed by atoms with Crippen LogP contribution in [0.5, 0.6) is 11.5 Å². The molecule has 1 aliphatic heterocycles. The fourth-order valence-corrected chi connectivity index (χ4v) is 12.6. The van der Waals surface area contributed by atoms with E-state index in [0.29, 0.717) is 47.4 Å². The maximum absolute atomic E-state index is 12.8. The van der Waals surface area contributed by atoms with Gasteiger partial charge >= 0.3 is 5.97 Å². The Morgan fingerprint density at radius 2 is 1.52 bits per heavy atom. The molecule has 0 radical (unpaired) electrons. The molecule has 15 nitrogen and oxygen atoms in total. The minimum absolute atomic E-state index is 0.0194. The fraction of sp³-hybridized carbons (Fsp3) is 0.377. The normalized spacial score (nSPS) is 12.9. The van der Waals surface area contributed by atoms with Gasteiger partial charge in [-0.05, 0) is 107 Å². The molecule has 5 aromatic carbocycles. The number of aliphatic carboxylic acids is 1. The predicted molar refractivity (Wildman–Crippen MR) is 302 cm³/mol. The highest BCUT2D eigenvalue weighted by Crippen LogP contribution is 2.48. The monoisotopic (exact) mass is 1160 g/mol. The van der Waals surface area contributed by atoms with Gasteiger partial charge in [-0.1, -0.05) is 88.3 Å². The minimum Gasteiger partial charge on any atom is -0.748 e. The number of carboxylic acids is 1. The van der Waals surface area contributed by atoms with E-state index in [2.05, 4.69) is 32.2 Å². The molecule has 0 unspecified atom stereocenters. The molecule has 6 aromatic rings. The molecule has 0 aliphatic carbocycles. The molecule has 0 saturated heterocycles. The summed E-state index contributed by atoms with van der Waals surface area (Å²) in [4.78, 5) is 28.9. The molecule has 4 N–H and O–H groups in total. The predicted octanol–water partition coefficient (Wildman–Crippen LogP) is 9.53. The number of carbonyl (C=O) groups excluding carboxylic acids is 1. The highest BCUT2D eigenvalue weighted by atomic mass is 35.5. The van der Waals surface area contributed by atoms with E-state index in [9.17, 15) is 40.6 Å². The van der Waals surface area contributed by atoms with E-state index in [0.717, 1.165) is 65.3 Å². The first-order valence-corrected chi connectivity index (χ1v) is 31.0. The molecule has 0 saturated carbocycles. The second-order valence-corrected chi connectivity index (χ2v) is 24.7. The van der Waals surface area contributed by atoms with Crippen LogP contribution < -0.4 is 24.4 Å². The Kier molecular flexibility index (Phi) is 23.9. The van der Waals surface area contributed by atoms with Crippen molar-refractivity contribution in [1.82, 2.24) is 5.32 Å². The summed E-state index contributed by atoms with van der Waals surface area (Å²) in [5.41, 5.74) is 4.11. The molecule has 0 fully saturated rings. The van der Waals surface area contributed by atoms with Gasteiger partial charge in [0.25, 0.3) is 10.9 Å². The summed E-state index contributed by atoms with van der Waals surface area (Å²) in [5.74, 6) is -1.00. The number of thioether (sulfide) groups is 2. The number of nitrogens with zero attached hydrogens (tertiary/aromatic N) is 2. The molecule has 2 heterocycles. The number of carboxylic acid groups (broad SMARTS) is 1. The van der Waals surface area contributed by atoms with Crippen molar-refractivity contribution >= 4 is 123 Å². The van der Waals surface area contributed by atoms with Crippen molar-refractivity contribution in [3.63, 3.8) is 0 Å². The maximum atomic E-state index is 12.8. The van der Waals surface area contributed by atoms with E-state index < -0.39 is 37.7 Å². The molecule has 75 heavy (non-hydrogen) atoms. The molecule has 22 heteroatoms. The Hall–Kier alpha value is -4.61. The van der Waals surface area contributed by atoms with E-state index in [1.54, 1.807) is 47.4 Å². The zero-order chi connectivity index (χ0) is 54.9. The number of carbonyl (C=O) groups is 2. The summed E-state index contributed by atoms with van der Waals surface area (Å²) < 4.78 is 75.4. The average molecular weight is 1160 g/mol. The van der Waals surface area contributed by atoms with E-state index >= 15 is 0 Å². The van der Waals surface area contributed by atoms with Gasteiger partial charge in [-0.3, -0.25) is 9.59 Å². The van der Waals surface area contributed by atoms with Gasteiger partial charge in [0.1, 0.15) is 16.2 Å². The molecule has 7 rings (SSSR count). The quantitative estimate of drug-likeness (QED) is 0.0203. The molecule has 1 aliphatic rings. The van der Waals surface area contributed by atoms with E-state index in [1.807, 2.05) is 65.8 Å². The number of anilines is 1. The van der Waals surface area contributed by atoms with Crippen LogP contribution in [0.2, 0.25) is 10.0 Å². The highest BCUT2D eigenvalue weighted by molar-refractivity contribution is 8.04. The SMILES string of the molecule is CC[NH+](CC)CC.Cc1ccc(OCCCCNC(=O)c2cc(SCCC(=O)O)c3ccccc3c2O)c(C)c1.O=S(=O)([O-])CCCN1/C(=C/c2sc3ccc(Cl)cc3[n+]2CCCS(=O)(=O)[O-])Sc2ccc(Cl)cc21. The molecular weight excluding hydrogens is 1100 g/mol. The standard InChI is InChI=1S/C26H29NO5S.C21H20Cl2N2O6S4.C6H15N/c1-17-9-10-22(18(2)15-17)32-13-6-5-12-27-26(31)21-16-23(33-14-11-24(28)29)19-7-3-4-8-20(19)25(21)30;22-14-3-5-18-16(11-14)24(7-1-9-34(26,27)28)20(32-18)13-21-25(8-2-10-35(29,30)31)17-12-15(23)4-6-19(17)33-21;1-4-7(5-2)6-3/h3-4,7-10,15-16,30H,5-6,11-14H2,1-2H3,(H,27,31)(H,28,29);3-6,11-13H,1-2,7-10H2,(H-,26,27,28,29,30,31);4-6H2,1-3H3. The second kappa shape index (κ2) is 29.2. The summed E-state index contributed by atoms with van der Waals surface area (Å²) in [7, 11) is -8.69. The van der Waals surface area contributed by atoms with E-state index in [4.69, 9.17) is 33.0 Å². The highest BCUT2D eigenvalue weighted by Gasteiger charge is 2.29. The first-order chi connectivity index (χ1) is 35.6. The first-order valence-electron chi connectivity index (χ1n) is 24.5. The number of unbranched alkanes of at least 4 members (excludes halogenated alkanes) is 1. The number of rotatable bonds is 23. The van der Waals surface area contributed by atoms with Crippen LogP contribution in [0, 0.1) is 13.8 Å². The summed E-state index contributed by atoms with van der Waals surface area (Å²) in [6, 6.07) is 25.8. The number of halogens is 2. The number of fused-ring (bicyclic) bond motifs is 3. The largest absolute Gasteiger partial charge is 0.748 e. The van der Waals surface area contributed by atoms with Crippen LogP contribution in [0.1, 0.15) is 79.4 Å². The van der Waals surface area contributed by atoms with Gasteiger partial charge in [-0.25, -0.2) is 16.8 Å². The smallest absolute Gasteiger partial charge is 0.304 e. The number of aromatic hydroxyl groups is 1. The van der Waals surface area contributed by atoms with Crippen LogP contribution in [0.3, 0.4) is 0 Å². The average Bonchev–Trinajstić information content (AvgIpc) is 3.86. The number of thiazole rings is 1. The third kappa shape index (κ3) is 19.1. The first kappa shape index (κ1) is 61.2. The molecular formula is C53H64Cl2N4O11S5. The second-order valence-electron chi connectivity index (χ2n) is 17.5. The molecule has 0 spiro atoms. The van der Waals surface area contributed by atoms with E-state index in [-0.39, 0.29) is 36.5 Å². The number of nitrogens with one attached hydrogen (secondary N) is 2. The Labute approximate surface area is 462 Å². The van der Waals surface area contributed by atoms with E-state index in [1.165, 1.54) is 60.1 Å². The lowest BCUT2D eigenvalue weighted by Crippen LogP contribution is -3.11. The van der Waals surface area contributed by atoms with Gasteiger partial charge in [0, 0.05) is 68.1 Å². The van der Waals surface area contributed by atoms with Crippen molar-refractivity contribution in [1.29, 1.82) is 0 Å².